The van der Waals surface area contributed by atoms with Crippen molar-refractivity contribution < 1.29 is 19.7 Å². The highest BCUT2D eigenvalue weighted by molar-refractivity contribution is 7.85. The van der Waals surface area contributed by atoms with Gasteiger partial charge in [0.1, 0.15) is 6.10 Å². The molecule has 1 fully saturated rings. The minimum absolute atomic E-state index is 0.155. The fourth-order valence-corrected chi connectivity index (χ4v) is 1.94. The van der Waals surface area contributed by atoms with Crippen molar-refractivity contribution in [2.75, 3.05) is 13.7 Å². The standard InChI is InChI=1S/C7H14O4S2/c1-10-7-4(9)6(13)5(12)3(2-8)11-7/h3-9,12-13H,2H2,1H3/t3?,4?,5-,6+,7-/m0/s1. The van der Waals surface area contributed by atoms with Crippen molar-refractivity contribution in [3.63, 3.8) is 0 Å². The van der Waals surface area contributed by atoms with E-state index in [9.17, 15) is 5.11 Å². The zero-order valence-corrected chi connectivity index (χ0v) is 8.99. The lowest BCUT2D eigenvalue weighted by Gasteiger charge is -2.39. The molecular weight excluding hydrogens is 212 g/mol. The van der Waals surface area contributed by atoms with Crippen LogP contribution in [0.2, 0.25) is 0 Å². The Morgan fingerprint density at radius 1 is 1.38 bits per heavy atom. The van der Waals surface area contributed by atoms with Gasteiger partial charge in [-0.25, -0.2) is 0 Å². The van der Waals surface area contributed by atoms with Crippen molar-refractivity contribution in [3.8, 4) is 0 Å². The Labute approximate surface area is 88.0 Å². The molecule has 0 spiro atoms. The second-order valence-corrected chi connectivity index (χ2v) is 4.13. The van der Waals surface area contributed by atoms with E-state index < -0.39 is 18.5 Å². The number of ether oxygens (including phenoxy) is 2. The molecule has 0 radical (unpaired) electrons. The van der Waals surface area contributed by atoms with E-state index in [1.54, 1.807) is 0 Å². The number of rotatable bonds is 2. The van der Waals surface area contributed by atoms with Gasteiger partial charge in [-0.15, -0.1) is 0 Å². The summed E-state index contributed by atoms with van der Waals surface area (Å²) >= 11 is 8.37. The molecule has 0 aromatic rings. The Kier molecular flexibility index (Phi) is 4.34. The summed E-state index contributed by atoms with van der Waals surface area (Å²) in [6.07, 6.45) is -2.00. The van der Waals surface area contributed by atoms with Crippen LogP contribution in [0.15, 0.2) is 0 Å². The quantitative estimate of drug-likeness (QED) is 0.471. The molecule has 0 saturated carbocycles. The van der Waals surface area contributed by atoms with Crippen molar-refractivity contribution in [1.29, 1.82) is 0 Å². The summed E-state index contributed by atoms with van der Waals surface area (Å²) in [6, 6.07) is 0. The molecule has 0 bridgehead atoms. The molecule has 0 aromatic carbocycles. The Balaban J connectivity index is 2.66. The Hall–Kier alpha value is 0.540. The zero-order valence-electron chi connectivity index (χ0n) is 7.20. The first-order valence-corrected chi connectivity index (χ1v) is 4.98. The smallest absolute Gasteiger partial charge is 0.184 e. The lowest BCUT2D eigenvalue weighted by Crippen LogP contribution is -2.54. The molecule has 2 unspecified atom stereocenters. The van der Waals surface area contributed by atoms with Crippen LogP contribution in [0.25, 0.3) is 0 Å². The fourth-order valence-electron chi connectivity index (χ4n) is 1.26. The molecule has 5 atom stereocenters. The number of thiol groups is 2. The maximum Gasteiger partial charge on any atom is 0.184 e. The summed E-state index contributed by atoms with van der Waals surface area (Å²) in [7, 11) is 1.43. The van der Waals surface area contributed by atoms with Crippen LogP contribution in [0, 0.1) is 0 Å². The lowest BCUT2D eigenvalue weighted by molar-refractivity contribution is -0.229. The SMILES string of the molecule is CO[C@H]1OC(CO)[C@H](S)[C@H](S)C1O. The van der Waals surface area contributed by atoms with Gasteiger partial charge in [-0.05, 0) is 0 Å². The molecule has 2 N–H and O–H groups in total. The third-order valence-corrected chi connectivity index (χ3v) is 3.60. The monoisotopic (exact) mass is 226 g/mol. The van der Waals surface area contributed by atoms with Crippen LogP contribution in [0.5, 0.6) is 0 Å². The highest BCUT2D eigenvalue weighted by atomic mass is 32.1. The maximum atomic E-state index is 9.56. The van der Waals surface area contributed by atoms with Crippen molar-refractivity contribution in [2.24, 2.45) is 0 Å². The first-order valence-electron chi connectivity index (χ1n) is 3.95. The normalized spacial score (nSPS) is 46.4. The van der Waals surface area contributed by atoms with Crippen LogP contribution in [-0.4, -0.2) is 52.9 Å². The van der Waals surface area contributed by atoms with Crippen molar-refractivity contribution in [2.45, 2.75) is 29.0 Å². The van der Waals surface area contributed by atoms with E-state index in [1.807, 2.05) is 0 Å². The molecule has 4 nitrogen and oxygen atoms in total. The number of methoxy groups -OCH3 is 1. The molecule has 1 aliphatic heterocycles. The summed E-state index contributed by atoms with van der Waals surface area (Å²) in [5, 5.41) is 17.8. The number of aliphatic hydroxyl groups is 2. The van der Waals surface area contributed by atoms with E-state index in [0.29, 0.717) is 0 Å². The van der Waals surface area contributed by atoms with Crippen LogP contribution >= 0.6 is 25.3 Å². The van der Waals surface area contributed by atoms with Gasteiger partial charge in [0.2, 0.25) is 0 Å². The van der Waals surface area contributed by atoms with E-state index >= 15 is 0 Å². The molecule has 78 valence electrons. The molecule has 0 aromatic heterocycles. The predicted molar refractivity (Wildman–Crippen MR) is 54.3 cm³/mol. The molecule has 6 heteroatoms. The van der Waals surface area contributed by atoms with Crippen LogP contribution in [-0.2, 0) is 9.47 Å². The van der Waals surface area contributed by atoms with Crippen LogP contribution in [0.3, 0.4) is 0 Å². The second-order valence-electron chi connectivity index (χ2n) is 2.93. The average Bonchev–Trinajstić information content (AvgIpc) is 2.15. The fraction of sp³-hybridized carbons (Fsp3) is 1.00. The first kappa shape index (κ1) is 11.6. The van der Waals surface area contributed by atoms with E-state index in [2.05, 4.69) is 25.3 Å². The molecule has 0 amide bonds. The Morgan fingerprint density at radius 3 is 2.46 bits per heavy atom. The largest absolute Gasteiger partial charge is 0.394 e. The van der Waals surface area contributed by atoms with Gasteiger partial charge in [-0.2, -0.15) is 25.3 Å². The number of hydrogen-bond acceptors (Lipinski definition) is 6. The summed E-state index contributed by atoms with van der Waals surface area (Å²) < 4.78 is 10.1. The van der Waals surface area contributed by atoms with E-state index in [4.69, 9.17) is 14.6 Å². The molecule has 1 rings (SSSR count). The summed E-state index contributed by atoms with van der Waals surface area (Å²) in [6.45, 7) is -0.155. The van der Waals surface area contributed by atoms with Gasteiger partial charge >= 0.3 is 0 Å². The average molecular weight is 226 g/mol. The van der Waals surface area contributed by atoms with Crippen molar-refractivity contribution in [3.05, 3.63) is 0 Å². The van der Waals surface area contributed by atoms with Crippen LogP contribution in [0.1, 0.15) is 0 Å². The molecular formula is C7H14O4S2. The second kappa shape index (κ2) is 4.86. The van der Waals surface area contributed by atoms with Gasteiger partial charge < -0.3 is 19.7 Å². The summed E-state index contributed by atoms with van der Waals surface area (Å²) in [5.74, 6) is 0. The third kappa shape index (κ3) is 2.31. The van der Waals surface area contributed by atoms with E-state index in [1.165, 1.54) is 7.11 Å². The molecule has 1 aliphatic rings. The van der Waals surface area contributed by atoms with Gasteiger partial charge in [0.15, 0.2) is 6.29 Å². The van der Waals surface area contributed by atoms with Gasteiger partial charge in [0.25, 0.3) is 0 Å². The van der Waals surface area contributed by atoms with Crippen molar-refractivity contribution in [1.82, 2.24) is 0 Å². The first-order chi connectivity index (χ1) is 6.11. The summed E-state index contributed by atoms with van der Waals surface area (Å²) in [4.78, 5) is 0. The van der Waals surface area contributed by atoms with Crippen LogP contribution in [0.4, 0.5) is 0 Å². The predicted octanol–water partition coefficient (Wildman–Crippen LogP) is -0.692. The van der Waals surface area contributed by atoms with Gasteiger partial charge in [-0.3, -0.25) is 0 Å². The zero-order chi connectivity index (χ0) is 10.0. The topological polar surface area (TPSA) is 58.9 Å². The maximum absolute atomic E-state index is 9.56. The van der Waals surface area contributed by atoms with Crippen molar-refractivity contribution >= 4 is 25.3 Å². The van der Waals surface area contributed by atoms with Gasteiger partial charge in [-0.1, -0.05) is 0 Å². The lowest BCUT2D eigenvalue weighted by atomic mass is 10.1. The Bertz CT molecular complexity index is 149. The summed E-state index contributed by atoms with van der Waals surface area (Å²) in [5.41, 5.74) is 0. The van der Waals surface area contributed by atoms with Gasteiger partial charge in [0.05, 0.1) is 12.7 Å². The minimum Gasteiger partial charge on any atom is -0.394 e. The molecule has 0 aliphatic carbocycles. The molecule has 13 heavy (non-hydrogen) atoms. The molecule has 1 saturated heterocycles. The van der Waals surface area contributed by atoms with E-state index in [-0.39, 0.29) is 17.1 Å². The van der Waals surface area contributed by atoms with E-state index in [0.717, 1.165) is 0 Å². The minimum atomic E-state index is -0.821. The van der Waals surface area contributed by atoms with Gasteiger partial charge in [0, 0.05) is 17.6 Å². The highest BCUT2D eigenvalue weighted by Gasteiger charge is 2.41. The van der Waals surface area contributed by atoms with Crippen LogP contribution < -0.4 is 0 Å². The number of hydrogen-bond donors (Lipinski definition) is 4. The molecule has 1 heterocycles. The Morgan fingerprint density at radius 2 is 2.00 bits per heavy atom. The highest BCUT2D eigenvalue weighted by Crippen LogP contribution is 2.28. The third-order valence-electron chi connectivity index (χ3n) is 2.08. The number of aliphatic hydroxyl groups excluding tert-OH is 2.